The molecule has 264 valence electrons. The van der Waals surface area contributed by atoms with Gasteiger partial charge in [0, 0.05) is 59.2 Å². The largest absolute Gasteiger partial charge is 0.360 e. The van der Waals surface area contributed by atoms with Crippen LogP contribution in [0.2, 0.25) is 15.1 Å². The van der Waals surface area contributed by atoms with Crippen molar-refractivity contribution in [3.63, 3.8) is 0 Å². The van der Waals surface area contributed by atoms with Crippen LogP contribution in [0, 0.1) is 0 Å². The highest BCUT2D eigenvalue weighted by Gasteiger charge is 2.28. The molecule has 6 nitrogen and oxygen atoms in total. The summed E-state index contributed by atoms with van der Waals surface area (Å²) in [6.45, 7) is 5.08. The van der Waals surface area contributed by atoms with E-state index in [1.807, 2.05) is 29.3 Å². The number of rotatable bonds is 0. The van der Waals surface area contributed by atoms with Crippen LogP contribution in [0.3, 0.4) is 0 Å². The predicted octanol–water partition coefficient (Wildman–Crippen LogP) is 9.77. The molecular weight excluding hydrogens is 835 g/mol. The van der Waals surface area contributed by atoms with Gasteiger partial charge in [0.2, 0.25) is 5.91 Å². The zero-order chi connectivity index (χ0) is 35.8. The van der Waals surface area contributed by atoms with E-state index in [0.29, 0.717) is 29.0 Å². The van der Waals surface area contributed by atoms with Gasteiger partial charge in [0.05, 0.1) is 25.4 Å². The molecule has 8 rings (SSSR count). The molecule has 2 aliphatic heterocycles. The van der Waals surface area contributed by atoms with Gasteiger partial charge in [0.15, 0.2) is 5.43 Å². The summed E-state index contributed by atoms with van der Waals surface area (Å²) in [6, 6.07) is 12.2. The number of aromatic amines is 1. The zero-order valence-corrected chi connectivity index (χ0v) is 33.6. The first kappa shape index (κ1) is 36.6. The molecule has 0 atom stereocenters. The van der Waals surface area contributed by atoms with Crippen LogP contribution in [0.1, 0.15) is 77.4 Å². The van der Waals surface area contributed by atoms with E-state index in [0.717, 1.165) is 106 Å². The Balaban J connectivity index is 0.000000160. The van der Waals surface area contributed by atoms with Crippen LogP contribution in [0.5, 0.6) is 0 Å². The predicted molar refractivity (Wildman–Crippen MR) is 215 cm³/mol. The van der Waals surface area contributed by atoms with E-state index < -0.39 is 0 Å². The third kappa shape index (κ3) is 7.55. The number of benzene rings is 2. The van der Waals surface area contributed by atoms with Gasteiger partial charge in [-0.3, -0.25) is 14.6 Å². The van der Waals surface area contributed by atoms with Crippen molar-refractivity contribution in [3.05, 3.63) is 139 Å². The van der Waals surface area contributed by atoms with Crippen molar-refractivity contribution in [3.8, 4) is 0 Å². The summed E-state index contributed by atoms with van der Waals surface area (Å²) in [6.07, 6.45) is 10.5. The standard InChI is InChI=1S/C21H20BrClN2O2.C19H17BrCl2N2/c1-12(26)25-8-6-13(7-9-25)19-16-5-3-15(23)10-14(16)2-4-17-20(19)24-11-18(22)21(17)27;20-16-10-24-19-15(18(16)22)3-1-12-9-13(21)2-4-14(12)17(19)11-5-7-23-8-6-11/h3,5,10-11H,2,4,6-9H2,1H3,(H,24,27);2,4,9-10,23H,1,3,5-8H2. The summed E-state index contributed by atoms with van der Waals surface area (Å²) in [7, 11) is 0. The van der Waals surface area contributed by atoms with Gasteiger partial charge in [0.1, 0.15) is 0 Å². The van der Waals surface area contributed by atoms with Gasteiger partial charge >= 0.3 is 0 Å². The van der Waals surface area contributed by atoms with Crippen LogP contribution in [0.15, 0.2) is 73.7 Å². The van der Waals surface area contributed by atoms with Crippen LogP contribution >= 0.6 is 66.7 Å². The second-order valence-corrected chi connectivity index (χ2v) is 16.3. The third-order valence-corrected chi connectivity index (χ3v) is 12.7. The molecule has 2 N–H and O–H groups in total. The number of carbonyl (C=O) groups is 1. The second kappa shape index (κ2) is 15.7. The van der Waals surface area contributed by atoms with Crippen molar-refractivity contribution in [2.75, 3.05) is 26.2 Å². The Morgan fingerprint density at radius 2 is 1.35 bits per heavy atom. The number of halogens is 5. The van der Waals surface area contributed by atoms with Crippen LogP contribution in [-0.2, 0) is 30.5 Å². The molecule has 0 unspecified atom stereocenters. The summed E-state index contributed by atoms with van der Waals surface area (Å²) >= 11 is 26.0. The van der Waals surface area contributed by atoms with Gasteiger partial charge in [0.25, 0.3) is 0 Å². The van der Waals surface area contributed by atoms with Gasteiger partial charge < -0.3 is 15.2 Å². The van der Waals surface area contributed by atoms with Crippen molar-refractivity contribution in [2.24, 2.45) is 0 Å². The average Bonchev–Trinajstić information content (AvgIpc) is 3.40. The first-order valence-electron chi connectivity index (χ1n) is 17.3. The van der Waals surface area contributed by atoms with E-state index in [2.05, 4.69) is 60.4 Å². The fourth-order valence-electron chi connectivity index (χ4n) is 7.81. The lowest BCUT2D eigenvalue weighted by molar-refractivity contribution is -0.129. The number of hydrogen-bond acceptors (Lipinski definition) is 4. The van der Waals surface area contributed by atoms with Crippen LogP contribution in [0.4, 0.5) is 0 Å². The van der Waals surface area contributed by atoms with Crippen LogP contribution < -0.4 is 10.7 Å². The van der Waals surface area contributed by atoms with Gasteiger partial charge in [-0.05, 0) is 148 Å². The summed E-state index contributed by atoms with van der Waals surface area (Å²) < 4.78 is 1.42. The van der Waals surface area contributed by atoms with E-state index in [9.17, 15) is 9.59 Å². The Hall–Kier alpha value is -2.72. The number of nitrogens with zero attached hydrogens (tertiary/aromatic N) is 2. The van der Waals surface area contributed by atoms with Gasteiger partial charge in [-0.2, -0.15) is 0 Å². The molecular formula is C40H37Br2Cl3N4O2. The highest BCUT2D eigenvalue weighted by molar-refractivity contribution is 9.10. The number of aryl methyl sites for hydroxylation is 2. The van der Waals surface area contributed by atoms with Crippen molar-refractivity contribution in [1.82, 2.24) is 20.2 Å². The quantitative estimate of drug-likeness (QED) is 0.185. The van der Waals surface area contributed by atoms with Crippen LogP contribution in [-0.4, -0.2) is 47.0 Å². The van der Waals surface area contributed by atoms with E-state index in [1.54, 1.807) is 13.1 Å². The first-order chi connectivity index (χ1) is 24.6. The average molecular weight is 872 g/mol. The van der Waals surface area contributed by atoms with Gasteiger partial charge in [-0.25, -0.2) is 0 Å². The number of carbonyl (C=O) groups excluding carboxylic acids is 1. The molecule has 4 aromatic rings. The molecule has 2 aliphatic carbocycles. The fourth-order valence-corrected chi connectivity index (χ4v) is 9.13. The lowest BCUT2D eigenvalue weighted by atomic mass is 9.88. The normalized spacial score (nSPS) is 16.9. The molecule has 11 heteroatoms. The van der Waals surface area contributed by atoms with Crippen molar-refractivity contribution in [2.45, 2.75) is 58.3 Å². The molecule has 4 aliphatic rings. The first-order valence-corrected chi connectivity index (χ1v) is 20.0. The summed E-state index contributed by atoms with van der Waals surface area (Å²) in [4.78, 5) is 34.5. The van der Waals surface area contributed by atoms with Crippen LogP contribution in [0.25, 0.3) is 11.1 Å². The van der Waals surface area contributed by atoms with Crippen molar-refractivity contribution >= 4 is 83.7 Å². The monoisotopic (exact) mass is 868 g/mol. The van der Waals surface area contributed by atoms with Gasteiger partial charge in [-0.1, -0.05) is 58.1 Å². The smallest absolute Gasteiger partial charge is 0.219 e. The Kier molecular flexibility index (Phi) is 11.3. The lowest BCUT2D eigenvalue weighted by Crippen LogP contribution is -2.34. The minimum absolute atomic E-state index is 0.0434. The lowest BCUT2D eigenvalue weighted by Gasteiger charge is -2.29. The van der Waals surface area contributed by atoms with Crippen molar-refractivity contribution in [1.29, 1.82) is 0 Å². The number of nitrogens with one attached hydrogen (secondary N) is 2. The molecule has 1 amide bonds. The molecule has 0 spiro atoms. The molecule has 2 aromatic carbocycles. The number of likely N-dealkylation sites (tertiary alicyclic amines) is 1. The highest BCUT2D eigenvalue weighted by atomic mass is 79.9. The zero-order valence-electron chi connectivity index (χ0n) is 28.2. The molecule has 2 aromatic heterocycles. The maximum absolute atomic E-state index is 12.8. The number of piperidine rings is 2. The minimum Gasteiger partial charge on any atom is -0.360 e. The van der Waals surface area contributed by atoms with E-state index in [-0.39, 0.29) is 11.3 Å². The Bertz CT molecular complexity index is 2160. The third-order valence-electron chi connectivity index (χ3n) is 10.4. The van der Waals surface area contributed by atoms with E-state index >= 15 is 0 Å². The maximum Gasteiger partial charge on any atom is 0.219 e. The van der Waals surface area contributed by atoms with E-state index in [1.165, 1.54) is 33.4 Å². The molecule has 4 heterocycles. The molecule has 2 saturated heterocycles. The number of H-pyrrole nitrogens is 1. The number of hydrogen-bond donors (Lipinski definition) is 2. The summed E-state index contributed by atoms with van der Waals surface area (Å²) in [5.41, 5.74) is 13.9. The Morgan fingerprint density at radius 1 is 0.765 bits per heavy atom. The summed E-state index contributed by atoms with van der Waals surface area (Å²) in [5, 5.41) is 5.72. The number of fused-ring (bicyclic) bond motifs is 4. The van der Waals surface area contributed by atoms with Crippen molar-refractivity contribution < 1.29 is 4.79 Å². The fraction of sp³-hybridized carbons (Fsp3) is 0.325. The van der Waals surface area contributed by atoms with Gasteiger partial charge in [-0.15, -0.1) is 0 Å². The second-order valence-electron chi connectivity index (χ2n) is 13.4. The molecule has 51 heavy (non-hydrogen) atoms. The Morgan fingerprint density at radius 3 is 1.98 bits per heavy atom. The SMILES string of the molecule is CC(=O)N1CCC(=C2c3ccc(Cl)cc3CCc3c2[nH]cc(Br)c3=O)CC1.Clc1ccc2c(c1)CCc1c(ncc(Br)c1Cl)C2=C1CCNCC1. The maximum atomic E-state index is 12.8. The van der Waals surface area contributed by atoms with E-state index in [4.69, 9.17) is 39.8 Å². The molecule has 2 fully saturated rings. The molecule has 0 bridgehead atoms. The molecule has 0 saturated carbocycles. The number of pyridine rings is 2. The number of amides is 1. The summed E-state index contributed by atoms with van der Waals surface area (Å²) in [5.74, 6) is 0.116. The molecule has 0 radical (unpaired) electrons. The Labute approximate surface area is 329 Å². The number of aromatic nitrogens is 2. The minimum atomic E-state index is 0.0434. The topological polar surface area (TPSA) is 78.1 Å². The highest BCUT2D eigenvalue weighted by Crippen LogP contribution is 2.42.